The second-order valence-corrected chi connectivity index (χ2v) is 13.4. The molecule has 0 aliphatic heterocycles. The van der Waals surface area contributed by atoms with Crippen LogP contribution in [0.25, 0.3) is 99.1 Å². The topological polar surface area (TPSA) is 101 Å². The van der Waals surface area contributed by atoms with Crippen molar-refractivity contribution in [3.63, 3.8) is 0 Å². The molecular formula is C44H24N6OS. The van der Waals surface area contributed by atoms with E-state index in [0.29, 0.717) is 34.4 Å². The number of rotatable bonds is 5. The Bertz CT molecular complexity index is 2980. The third-order valence-corrected chi connectivity index (χ3v) is 10.4. The second kappa shape index (κ2) is 12.1. The van der Waals surface area contributed by atoms with Crippen molar-refractivity contribution < 1.29 is 4.42 Å². The van der Waals surface area contributed by atoms with Gasteiger partial charge < -0.3 is 4.42 Å². The number of nitriles is 1. The fraction of sp³-hybridized carbons (Fsp3) is 0. The van der Waals surface area contributed by atoms with Crippen LogP contribution in [0.1, 0.15) is 5.56 Å². The van der Waals surface area contributed by atoms with Crippen molar-refractivity contribution in [3.05, 3.63) is 151 Å². The van der Waals surface area contributed by atoms with Gasteiger partial charge in [0.2, 0.25) is 0 Å². The zero-order valence-electron chi connectivity index (χ0n) is 27.4. The summed E-state index contributed by atoms with van der Waals surface area (Å²) in [4.78, 5) is 25.2. The third kappa shape index (κ3) is 4.91. The quantitative estimate of drug-likeness (QED) is 0.178. The SMILES string of the molecule is N#Cc1ccccc1-c1nc(-c2ccc3oc4cccc(-c5nc(-c6ccccc6)nc(-c6ccccc6)n5)c4c3c2)c2sc3ccccc3c2n1. The summed E-state index contributed by atoms with van der Waals surface area (Å²) in [6, 6.07) is 50.1. The van der Waals surface area contributed by atoms with Crippen molar-refractivity contribution in [1.29, 1.82) is 5.26 Å². The third-order valence-electron chi connectivity index (χ3n) is 9.22. The number of aromatic nitrogens is 5. The fourth-order valence-corrected chi connectivity index (χ4v) is 7.93. The van der Waals surface area contributed by atoms with E-state index in [-0.39, 0.29) is 0 Å². The molecule has 0 unspecified atom stereocenters. The van der Waals surface area contributed by atoms with Gasteiger partial charge in [-0.05, 0) is 42.5 Å². The zero-order chi connectivity index (χ0) is 34.6. The highest BCUT2D eigenvalue weighted by atomic mass is 32.1. The summed E-state index contributed by atoms with van der Waals surface area (Å²) in [7, 11) is 0. The maximum atomic E-state index is 9.96. The lowest BCUT2D eigenvalue weighted by Gasteiger charge is -2.10. The van der Waals surface area contributed by atoms with Crippen LogP contribution in [-0.2, 0) is 0 Å². The van der Waals surface area contributed by atoms with Crippen molar-refractivity contribution in [2.45, 2.75) is 0 Å². The Kier molecular flexibility index (Phi) is 6.91. The van der Waals surface area contributed by atoms with E-state index in [1.54, 1.807) is 17.4 Å². The summed E-state index contributed by atoms with van der Waals surface area (Å²) in [6.45, 7) is 0. The summed E-state index contributed by atoms with van der Waals surface area (Å²) < 4.78 is 8.55. The molecule has 4 aromatic heterocycles. The summed E-state index contributed by atoms with van der Waals surface area (Å²) in [5.41, 5.74) is 7.88. The van der Waals surface area contributed by atoms with Crippen LogP contribution in [0, 0.1) is 11.3 Å². The maximum absolute atomic E-state index is 9.96. The van der Waals surface area contributed by atoms with Crippen molar-refractivity contribution in [2.24, 2.45) is 0 Å². The average Bonchev–Trinajstić information content (AvgIpc) is 3.79. The molecular weight excluding hydrogens is 661 g/mol. The van der Waals surface area contributed by atoms with Gasteiger partial charge in [-0.3, -0.25) is 0 Å². The van der Waals surface area contributed by atoms with Crippen LogP contribution in [0.5, 0.6) is 0 Å². The Hall–Kier alpha value is -7.08. The highest BCUT2D eigenvalue weighted by molar-refractivity contribution is 7.26. The largest absolute Gasteiger partial charge is 0.456 e. The van der Waals surface area contributed by atoms with E-state index in [1.807, 2.05) is 121 Å². The van der Waals surface area contributed by atoms with Crippen LogP contribution in [0.4, 0.5) is 0 Å². The molecule has 0 bridgehead atoms. The maximum Gasteiger partial charge on any atom is 0.164 e. The molecule has 0 spiro atoms. The van der Waals surface area contributed by atoms with E-state index in [4.69, 9.17) is 29.3 Å². The van der Waals surface area contributed by atoms with Gasteiger partial charge in [-0.2, -0.15) is 5.26 Å². The van der Waals surface area contributed by atoms with Crippen LogP contribution < -0.4 is 0 Å². The Labute approximate surface area is 301 Å². The first-order chi connectivity index (χ1) is 25.7. The van der Waals surface area contributed by atoms with Gasteiger partial charge in [-0.1, -0.05) is 103 Å². The van der Waals surface area contributed by atoms with Gasteiger partial charge in [-0.25, -0.2) is 24.9 Å². The molecule has 0 radical (unpaired) electrons. The van der Waals surface area contributed by atoms with Crippen LogP contribution >= 0.6 is 11.3 Å². The molecule has 0 atom stereocenters. The highest BCUT2D eigenvalue weighted by Gasteiger charge is 2.21. The summed E-state index contributed by atoms with van der Waals surface area (Å²) in [5, 5.41) is 12.8. The number of thiophene rings is 1. The van der Waals surface area contributed by atoms with Crippen molar-refractivity contribution in [1.82, 2.24) is 24.9 Å². The molecule has 0 N–H and O–H groups in total. The highest BCUT2D eigenvalue weighted by Crippen LogP contribution is 2.42. The summed E-state index contributed by atoms with van der Waals surface area (Å²) in [5.74, 6) is 2.24. The lowest BCUT2D eigenvalue weighted by molar-refractivity contribution is 0.669. The molecule has 242 valence electrons. The molecule has 0 saturated heterocycles. The minimum Gasteiger partial charge on any atom is -0.456 e. The number of hydrogen-bond acceptors (Lipinski definition) is 8. The Morgan fingerprint density at radius 3 is 1.92 bits per heavy atom. The number of furan rings is 1. The summed E-state index contributed by atoms with van der Waals surface area (Å²) in [6.07, 6.45) is 0. The monoisotopic (exact) mass is 684 g/mol. The van der Waals surface area contributed by atoms with Gasteiger partial charge in [0.15, 0.2) is 23.3 Å². The van der Waals surface area contributed by atoms with Crippen LogP contribution in [0.2, 0.25) is 0 Å². The van der Waals surface area contributed by atoms with Gasteiger partial charge in [0.1, 0.15) is 11.2 Å². The van der Waals surface area contributed by atoms with E-state index >= 15 is 0 Å². The molecule has 10 aromatic rings. The van der Waals surface area contributed by atoms with E-state index in [9.17, 15) is 5.26 Å². The number of benzene rings is 6. The molecule has 0 aliphatic carbocycles. The van der Waals surface area contributed by atoms with Crippen LogP contribution in [0.15, 0.2) is 150 Å². The number of hydrogen-bond donors (Lipinski definition) is 0. The van der Waals surface area contributed by atoms with E-state index in [1.165, 1.54) is 0 Å². The molecule has 52 heavy (non-hydrogen) atoms. The van der Waals surface area contributed by atoms with Crippen LogP contribution in [0.3, 0.4) is 0 Å². The minimum atomic E-state index is 0.508. The van der Waals surface area contributed by atoms with Gasteiger partial charge in [0.05, 0.1) is 27.5 Å². The normalized spacial score (nSPS) is 11.4. The molecule has 6 aromatic carbocycles. The average molecular weight is 685 g/mol. The standard InChI is InChI=1S/C44H24N6OS/c45-25-29-16-7-8-17-30(29)43-46-38(40-39(47-43)31-18-9-10-21-36(31)52-40)28-22-23-34-33(24-28)37-32(19-11-20-35(37)51-34)44-49-41(26-12-3-1-4-13-26)48-42(50-44)27-14-5-2-6-15-27/h1-24H. The zero-order valence-corrected chi connectivity index (χ0v) is 28.2. The molecule has 0 amide bonds. The first-order valence-electron chi connectivity index (χ1n) is 16.7. The smallest absolute Gasteiger partial charge is 0.164 e. The second-order valence-electron chi connectivity index (χ2n) is 12.4. The lowest BCUT2D eigenvalue weighted by atomic mass is 10.0. The Morgan fingerprint density at radius 1 is 0.500 bits per heavy atom. The molecule has 8 heteroatoms. The molecule has 0 aliphatic rings. The molecule has 0 saturated carbocycles. The van der Waals surface area contributed by atoms with Gasteiger partial charge in [0.25, 0.3) is 0 Å². The Balaban J connectivity index is 1.22. The van der Waals surface area contributed by atoms with Gasteiger partial charge in [-0.15, -0.1) is 11.3 Å². The van der Waals surface area contributed by atoms with E-state index in [0.717, 1.165) is 70.2 Å². The summed E-state index contributed by atoms with van der Waals surface area (Å²) >= 11 is 1.67. The van der Waals surface area contributed by atoms with Gasteiger partial charge >= 0.3 is 0 Å². The number of nitrogens with zero attached hydrogens (tertiary/aromatic N) is 6. The molecule has 4 heterocycles. The predicted molar refractivity (Wildman–Crippen MR) is 207 cm³/mol. The molecule has 10 rings (SSSR count). The first-order valence-corrected chi connectivity index (χ1v) is 17.6. The van der Waals surface area contributed by atoms with Crippen molar-refractivity contribution in [2.75, 3.05) is 0 Å². The predicted octanol–water partition coefficient (Wildman–Crippen LogP) is 11.1. The fourth-order valence-electron chi connectivity index (χ4n) is 6.77. The first kappa shape index (κ1) is 29.8. The van der Waals surface area contributed by atoms with Crippen molar-refractivity contribution in [3.8, 4) is 62.9 Å². The van der Waals surface area contributed by atoms with E-state index < -0.39 is 0 Å². The lowest BCUT2D eigenvalue weighted by Crippen LogP contribution is -2.00. The number of fused-ring (bicyclic) bond motifs is 6. The minimum absolute atomic E-state index is 0.508. The molecule has 0 fully saturated rings. The van der Waals surface area contributed by atoms with E-state index in [2.05, 4.69) is 24.3 Å². The molecule has 7 nitrogen and oxygen atoms in total. The van der Waals surface area contributed by atoms with Crippen LogP contribution in [-0.4, -0.2) is 24.9 Å². The van der Waals surface area contributed by atoms with Crippen molar-refractivity contribution >= 4 is 53.6 Å². The van der Waals surface area contributed by atoms with Gasteiger partial charge in [0, 0.05) is 48.7 Å². The Morgan fingerprint density at radius 2 is 1.15 bits per heavy atom.